The molecule has 1 aliphatic rings. The third-order valence-corrected chi connectivity index (χ3v) is 5.61. The van der Waals surface area contributed by atoms with Gasteiger partial charge in [-0.1, -0.05) is 0 Å². The highest BCUT2D eigenvalue weighted by Gasteiger charge is 2.31. The summed E-state index contributed by atoms with van der Waals surface area (Å²) in [7, 11) is -1.32. The Bertz CT molecular complexity index is 383. The number of carbonyl (C=O) groups excluding carboxylic acids is 1. The summed E-state index contributed by atoms with van der Waals surface area (Å²) in [6.07, 6.45) is 2.19. The lowest BCUT2D eigenvalue weighted by Crippen LogP contribution is -2.45. The number of rotatable bonds is 8. The quantitative estimate of drug-likeness (QED) is 0.600. The molecule has 0 radical (unpaired) electrons. The van der Waals surface area contributed by atoms with Gasteiger partial charge >= 0.3 is 0 Å². The van der Waals surface area contributed by atoms with E-state index in [0.29, 0.717) is 26.1 Å². The molecule has 2 unspecified atom stereocenters. The Morgan fingerprint density at radius 2 is 2.21 bits per heavy atom. The molecular formula is C12H24N2O4S. The van der Waals surface area contributed by atoms with E-state index in [1.54, 1.807) is 14.0 Å². The molecule has 0 aromatic heterocycles. The van der Waals surface area contributed by atoms with Crippen molar-refractivity contribution in [1.29, 1.82) is 0 Å². The zero-order valence-electron chi connectivity index (χ0n) is 11.6. The van der Waals surface area contributed by atoms with Gasteiger partial charge in [-0.25, -0.2) is 8.42 Å². The number of sulfone groups is 1. The topological polar surface area (TPSA) is 84.5 Å². The van der Waals surface area contributed by atoms with E-state index in [2.05, 4.69) is 10.6 Å². The predicted molar refractivity (Wildman–Crippen MR) is 73.8 cm³/mol. The highest BCUT2D eigenvalue weighted by atomic mass is 32.2. The molecule has 0 spiro atoms. The number of carbonyl (C=O) groups is 1. The van der Waals surface area contributed by atoms with E-state index in [4.69, 9.17) is 4.74 Å². The molecule has 2 N–H and O–H groups in total. The van der Waals surface area contributed by atoms with Crippen molar-refractivity contribution in [1.82, 2.24) is 10.6 Å². The average molecular weight is 292 g/mol. The van der Waals surface area contributed by atoms with Gasteiger partial charge in [0.05, 0.1) is 17.0 Å². The van der Waals surface area contributed by atoms with Crippen LogP contribution in [0.5, 0.6) is 0 Å². The summed E-state index contributed by atoms with van der Waals surface area (Å²) in [6.45, 7) is 3.28. The van der Waals surface area contributed by atoms with E-state index in [0.717, 1.165) is 12.8 Å². The van der Waals surface area contributed by atoms with Crippen LogP contribution < -0.4 is 10.6 Å². The van der Waals surface area contributed by atoms with Gasteiger partial charge in [-0.2, -0.15) is 0 Å². The minimum absolute atomic E-state index is 0.105. The summed E-state index contributed by atoms with van der Waals surface area (Å²) in [5, 5.41) is 5.44. The molecule has 1 fully saturated rings. The molecule has 19 heavy (non-hydrogen) atoms. The maximum absolute atomic E-state index is 11.7. The molecule has 112 valence electrons. The Labute approximate surface area is 115 Å². The summed E-state index contributed by atoms with van der Waals surface area (Å²) in [4.78, 5) is 11.7. The summed E-state index contributed by atoms with van der Waals surface area (Å²) >= 11 is 0. The number of hydrogen-bond donors (Lipinski definition) is 2. The lowest BCUT2D eigenvalue weighted by molar-refractivity contribution is -0.122. The lowest BCUT2D eigenvalue weighted by atomic mass is 10.2. The zero-order valence-corrected chi connectivity index (χ0v) is 12.5. The maximum atomic E-state index is 11.7. The Morgan fingerprint density at radius 1 is 1.47 bits per heavy atom. The van der Waals surface area contributed by atoms with Gasteiger partial charge in [0.25, 0.3) is 0 Å². The van der Waals surface area contributed by atoms with Crippen molar-refractivity contribution < 1.29 is 17.9 Å². The molecule has 2 atom stereocenters. The Balaban J connectivity index is 2.23. The van der Waals surface area contributed by atoms with Crippen LogP contribution in [0.2, 0.25) is 0 Å². The second kappa shape index (κ2) is 7.81. The van der Waals surface area contributed by atoms with Crippen molar-refractivity contribution in [2.75, 3.05) is 32.6 Å². The smallest absolute Gasteiger partial charge is 0.236 e. The minimum atomic E-state index is -2.94. The van der Waals surface area contributed by atoms with Crippen molar-refractivity contribution in [3.63, 3.8) is 0 Å². The van der Waals surface area contributed by atoms with Crippen molar-refractivity contribution in [2.24, 2.45) is 0 Å². The van der Waals surface area contributed by atoms with Crippen molar-refractivity contribution in [3.05, 3.63) is 0 Å². The van der Waals surface area contributed by atoms with Crippen molar-refractivity contribution >= 4 is 15.7 Å². The fourth-order valence-corrected chi connectivity index (χ4v) is 3.85. The maximum Gasteiger partial charge on any atom is 0.236 e. The van der Waals surface area contributed by atoms with Crippen LogP contribution in [0.25, 0.3) is 0 Å². The first-order valence-electron chi connectivity index (χ1n) is 6.69. The van der Waals surface area contributed by atoms with Crippen molar-refractivity contribution in [3.8, 4) is 0 Å². The Kier molecular flexibility index (Phi) is 6.74. The zero-order chi connectivity index (χ0) is 14.3. The van der Waals surface area contributed by atoms with Crippen LogP contribution >= 0.6 is 0 Å². The summed E-state index contributed by atoms with van der Waals surface area (Å²) in [5.41, 5.74) is 0. The third-order valence-electron chi connectivity index (χ3n) is 3.33. The van der Waals surface area contributed by atoms with Crippen molar-refractivity contribution in [2.45, 2.75) is 37.5 Å². The fraction of sp³-hybridized carbons (Fsp3) is 0.917. The molecule has 1 amide bonds. The lowest BCUT2D eigenvalue weighted by Gasteiger charge is -2.16. The molecule has 0 aromatic rings. The van der Waals surface area contributed by atoms with E-state index in [1.165, 1.54) is 0 Å². The normalized spacial score (nSPS) is 23.2. The molecule has 1 heterocycles. The van der Waals surface area contributed by atoms with Crippen LogP contribution in [0.15, 0.2) is 0 Å². The largest absolute Gasteiger partial charge is 0.385 e. The molecule has 1 rings (SSSR count). The average Bonchev–Trinajstić information content (AvgIpc) is 2.70. The van der Waals surface area contributed by atoms with E-state index < -0.39 is 9.84 Å². The highest BCUT2D eigenvalue weighted by molar-refractivity contribution is 7.92. The van der Waals surface area contributed by atoms with Crippen LogP contribution in [0, 0.1) is 0 Å². The summed E-state index contributed by atoms with van der Waals surface area (Å²) < 4.78 is 28.2. The van der Waals surface area contributed by atoms with Crippen LogP contribution in [0.4, 0.5) is 0 Å². The van der Waals surface area contributed by atoms with Gasteiger partial charge in [-0.3, -0.25) is 4.79 Å². The number of nitrogens with one attached hydrogen (secondary N) is 2. The van der Waals surface area contributed by atoms with Crippen LogP contribution in [-0.2, 0) is 19.4 Å². The molecule has 1 aliphatic heterocycles. The van der Waals surface area contributed by atoms with E-state index in [-0.39, 0.29) is 23.0 Å². The summed E-state index contributed by atoms with van der Waals surface area (Å²) in [5.74, 6) is 0.170. The molecule has 6 nitrogen and oxygen atoms in total. The molecule has 0 aliphatic carbocycles. The molecule has 0 aromatic carbocycles. The molecule has 1 saturated heterocycles. The van der Waals surface area contributed by atoms with Gasteiger partial charge in [0.15, 0.2) is 9.84 Å². The molecular weight excluding hydrogens is 268 g/mol. The van der Waals surface area contributed by atoms with Crippen LogP contribution in [0.1, 0.15) is 26.2 Å². The second-order valence-electron chi connectivity index (χ2n) is 4.90. The first-order chi connectivity index (χ1) is 8.97. The van der Waals surface area contributed by atoms with E-state index >= 15 is 0 Å². The SMILES string of the molecule is COCCCNC(=O)C(C)NCC1CCCS1(=O)=O. The Morgan fingerprint density at radius 3 is 2.79 bits per heavy atom. The fourth-order valence-electron chi connectivity index (χ4n) is 2.07. The Hall–Kier alpha value is -0.660. The van der Waals surface area contributed by atoms with E-state index in [1.807, 2.05) is 0 Å². The monoisotopic (exact) mass is 292 g/mol. The van der Waals surface area contributed by atoms with Gasteiger partial charge in [0, 0.05) is 26.8 Å². The molecule has 7 heteroatoms. The number of methoxy groups -OCH3 is 1. The highest BCUT2D eigenvalue weighted by Crippen LogP contribution is 2.19. The first kappa shape index (κ1) is 16.4. The van der Waals surface area contributed by atoms with E-state index in [9.17, 15) is 13.2 Å². The minimum Gasteiger partial charge on any atom is -0.385 e. The van der Waals surface area contributed by atoms with Gasteiger partial charge in [0.2, 0.25) is 5.91 Å². The van der Waals surface area contributed by atoms with Gasteiger partial charge in [0.1, 0.15) is 0 Å². The standard InChI is InChI=1S/C12H24N2O4S/c1-10(12(15)13-6-4-7-18-2)14-9-11-5-3-8-19(11,16)17/h10-11,14H,3-9H2,1-2H3,(H,13,15). The predicted octanol–water partition coefficient (Wildman–Crippen LogP) is -0.306. The second-order valence-corrected chi connectivity index (χ2v) is 7.30. The first-order valence-corrected chi connectivity index (χ1v) is 8.40. The molecule has 0 saturated carbocycles. The number of hydrogen-bond acceptors (Lipinski definition) is 5. The van der Waals surface area contributed by atoms with Gasteiger partial charge in [-0.15, -0.1) is 0 Å². The molecule has 0 bridgehead atoms. The number of amides is 1. The van der Waals surface area contributed by atoms with Gasteiger partial charge < -0.3 is 15.4 Å². The van der Waals surface area contributed by atoms with Crippen LogP contribution in [0.3, 0.4) is 0 Å². The van der Waals surface area contributed by atoms with Gasteiger partial charge in [-0.05, 0) is 26.2 Å². The third kappa shape index (κ3) is 5.46. The number of ether oxygens (including phenoxy) is 1. The summed E-state index contributed by atoms with van der Waals surface area (Å²) in [6, 6.07) is -0.377. The van der Waals surface area contributed by atoms with Crippen LogP contribution in [-0.4, -0.2) is 58.2 Å².